The van der Waals surface area contributed by atoms with Crippen LogP contribution < -0.4 is 10.6 Å². The Labute approximate surface area is 105 Å². The SMILES string of the molecule is O=C(NC1CNC1)c1cc([N+](=O)[O-])ncc1Br. The van der Waals surface area contributed by atoms with E-state index in [1.54, 1.807) is 0 Å². The summed E-state index contributed by atoms with van der Waals surface area (Å²) in [5.41, 5.74) is 0.221. The number of aromatic nitrogens is 1. The summed E-state index contributed by atoms with van der Waals surface area (Å²) in [5, 5.41) is 16.3. The van der Waals surface area contributed by atoms with E-state index in [0.717, 1.165) is 19.2 Å². The number of hydrogen-bond acceptors (Lipinski definition) is 5. The van der Waals surface area contributed by atoms with Crippen molar-refractivity contribution < 1.29 is 9.72 Å². The van der Waals surface area contributed by atoms with Gasteiger partial charge in [0, 0.05) is 19.2 Å². The quantitative estimate of drug-likeness (QED) is 0.624. The lowest BCUT2D eigenvalue weighted by Crippen LogP contribution is -2.56. The molecule has 0 aromatic carbocycles. The molecule has 2 heterocycles. The first kappa shape index (κ1) is 11.9. The molecule has 1 amide bonds. The molecular formula is C9H9BrN4O3. The normalized spacial score (nSPS) is 15.1. The zero-order chi connectivity index (χ0) is 12.4. The number of nitro groups is 1. The summed E-state index contributed by atoms with van der Waals surface area (Å²) in [6.07, 6.45) is 1.26. The molecule has 0 unspecified atom stereocenters. The van der Waals surface area contributed by atoms with E-state index in [2.05, 4.69) is 31.5 Å². The molecule has 0 atom stereocenters. The van der Waals surface area contributed by atoms with Crippen molar-refractivity contribution in [1.82, 2.24) is 15.6 Å². The van der Waals surface area contributed by atoms with E-state index in [9.17, 15) is 14.9 Å². The number of pyridine rings is 1. The highest BCUT2D eigenvalue weighted by atomic mass is 79.9. The van der Waals surface area contributed by atoms with Crippen molar-refractivity contribution in [3.63, 3.8) is 0 Å². The van der Waals surface area contributed by atoms with E-state index in [1.807, 2.05) is 0 Å². The molecule has 1 aromatic rings. The molecule has 0 saturated carbocycles. The predicted molar refractivity (Wildman–Crippen MR) is 62.7 cm³/mol. The predicted octanol–water partition coefficient (Wildman–Crippen LogP) is 0.454. The Morgan fingerprint density at radius 2 is 2.35 bits per heavy atom. The third-order valence-corrected chi connectivity index (χ3v) is 3.02. The van der Waals surface area contributed by atoms with Crippen LogP contribution in [0.25, 0.3) is 0 Å². The summed E-state index contributed by atoms with van der Waals surface area (Å²) in [6, 6.07) is 1.24. The van der Waals surface area contributed by atoms with Crippen molar-refractivity contribution in [1.29, 1.82) is 0 Å². The molecule has 17 heavy (non-hydrogen) atoms. The first-order valence-corrected chi connectivity index (χ1v) is 5.68. The fourth-order valence-corrected chi connectivity index (χ4v) is 1.75. The maximum atomic E-state index is 11.8. The van der Waals surface area contributed by atoms with Crippen LogP contribution in [0.4, 0.5) is 5.82 Å². The number of hydrogen-bond donors (Lipinski definition) is 2. The Hall–Kier alpha value is -1.54. The second-order valence-electron chi connectivity index (χ2n) is 3.61. The van der Waals surface area contributed by atoms with E-state index in [-0.39, 0.29) is 23.3 Å². The van der Waals surface area contributed by atoms with Gasteiger partial charge in [-0.05, 0) is 25.8 Å². The summed E-state index contributed by atoms with van der Waals surface area (Å²) < 4.78 is 0.438. The Bertz CT molecular complexity index is 475. The lowest BCUT2D eigenvalue weighted by molar-refractivity contribution is -0.389. The monoisotopic (exact) mass is 300 g/mol. The first-order valence-electron chi connectivity index (χ1n) is 4.89. The van der Waals surface area contributed by atoms with Crippen LogP contribution >= 0.6 is 15.9 Å². The lowest BCUT2D eigenvalue weighted by atomic mass is 10.1. The first-order chi connectivity index (χ1) is 8.08. The molecule has 0 radical (unpaired) electrons. The van der Waals surface area contributed by atoms with E-state index in [0.29, 0.717) is 4.47 Å². The number of nitrogens with zero attached hydrogens (tertiary/aromatic N) is 2. The minimum atomic E-state index is -0.631. The average molecular weight is 301 g/mol. The molecule has 1 aliphatic heterocycles. The van der Waals surface area contributed by atoms with Gasteiger partial charge in [0.05, 0.1) is 16.1 Å². The summed E-state index contributed by atoms with van der Waals surface area (Å²) in [4.78, 5) is 25.4. The molecular weight excluding hydrogens is 292 g/mol. The van der Waals surface area contributed by atoms with E-state index >= 15 is 0 Å². The number of halogens is 1. The Morgan fingerprint density at radius 1 is 1.65 bits per heavy atom. The number of amides is 1. The van der Waals surface area contributed by atoms with Crippen LogP contribution in [0.2, 0.25) is 0 Å². The van der Waals surface area contributed by atoms with Gasteiger partial charge < -0.3 is 20.7 Å². The maximum absolute atomic E-state index is 11.8. The number of carbonyl (C=O) groups is 1. The van der Waals surface area contributed by atoms with Gasteiger partial charge in [0.15, 0.2) is 6.20 Å². The highest BCUT2D eigenvalue weighted by molar-refractivity contribution is 9.10. The van der Waals surface area contributed by atoms with Gasteiger partial charge in [0.1, 0.15) is 0 Å². The fourth-order valence-electron chi connectivity index (χ4n) is 1.36. The van der Waals surface area contributed by atoms with Gasteiger partial charge in [-0.25, -0.2) is 0 Å². The van der Waals surface area contributed by atoms with Crippen LogP contribution in [-0.4, -0.2) is 34.9 Å². The third-order valence-electron chi connectivity index (χ3n) is 2.39. The van der Waals surface area contributed by atoms with Gasteiger partial charge >= 0.3 is 5.82 Å². The third kappa shape index (κ3) is 2.59. The largest absolute Gasteiger partial charge is 0.364 e. The highest BCUT2D eigenvalue weighted by Gasteiger charge is 2.23. The number of carbonyl (C=O) groups excluding carboxylic acids is 1. The number of nitrogens with one attached hydrogen (secondary N) is 2. The van der Waals surface area contributed by atoms with Crippen molar-refractivity contribution in [2.75, 3.05) is 13.1 Å². The lowest BCUT2D eigenvalue weighted by Gasteiger charge is -2.27. The highest BCUT2D eigenvalue weighted by Crippen LogP contribution is 2.20. The van der Waals surface area contributed by atoms with Crippen LogP contribution in [-0.2, 0) is 0 Å². The molecule has 1 fully saturated rings. The van der Waals surface area contributed by atoms with Crippen LogP contribution in [0.3, 0.4) is 0 Å². The number of rotatable bonds is 3. The fraction of sp³-hybridized carbons (Fsp3) is 0.333. The van der Waals surface area contributed by atoms with Crippen LogP contribution in [0.1, 0.15) is 10.4 Å². The van der Waals surface area contributed by atoms with Gasteiger partial charge in [-0.1, -0.05) is 0 Å². The van der Waals surface area contributed by atoms with Crippen molar-refractivity contribution in [3.8, 4) is 0 Å². The Kier molecular flexibility index (Phi) is 3.34. The zero-order valence-electron chi connectivity index (χ0n) is 8.64. The molecule has 1 saturated heterocycles. The minimum Gasteiger partial charge on any atom is -0.358 e. The van der Waals surface area contributed by atoms with E-state index < -0.39 is 4.92 Å². The molecule has 8 heteroatoms. The van der Waals surface area contributed by atoms with Gasteiger partial charge in [-0.15, -0.1) is 0 Å². The smallest absolute Gasteiger partial charge is 0.358 e. The van der Waals surface area contributed by atoms with Crippen molar-refractivity contribution in [3.05, 3.63) is 32.4 Å². The van der Waals surface area contributed by atoms with Crippen molar-refractivity contribution >= 4 is 27.7 Å². The molecule has 1 aromatic heterocycles. The molecule has 2 rings (SSSR count). The van der Waals surface area contributed by atoms with E-state index in [4.69, 9.17) is 0 Å². The molecule has 0 spiro atoms. The zero-order valence-corrected chi connectivity index (χ0v) is 10.2. The van der Waals surface area contributed by atoms with Crippen LogP contribution in [0.15, 0.2) is 16.7 Å². The summed E-state index contributed by atoms with van der Waals surface area (Å²) in [5.74, 6) is -0.682. The molecule has 2 N–H and O–H groups in total. The molecule has 1 aliphatic rings. The molecule has 0 aliphatic carbocycles. The Balaban J connectivity index is 2.20. The van der Waals surface area contributed by atoms with E-state index in [1.165, 1.54) is 6.20 Å². The summed E-state index contributed by atoms with van der Waals surface area (Å²) in [6.45, 7) is 1.44. The summed E-state index contributed by atoms with van der Waals surface area (Å²) in [7, 11) is 0. The van der Waals surface area contributed by atoms with Gasteiger partial charge in [0.2, 0.25) is 0 Å². The standard InChI is InChI=1S/C9H9BrN4O3/c10-7-4-12-8(14(16)17)1-6(7)9(15)13-5-2-11-3-5/h1,4-5,11H,2-3H2,(H,13,15). The Morgan fingerprint density at radius 3 is 2.88 bits per heavy atom. The molecule has 90 valence electrons. The maximum Gasteiger partial charge on any atom is 0.364 e. The molecule has 7 nitrogen and oxygen atoms in total. The topological polar surface area (TPSA) is 97.2 Å². The summed E-state index contributed by atoms with van der Waals surface area (Å²) >= 11 is 3.15. The van der Waals surface area contributed by atoms with Crippen molar-refractivity contribution in [2.45, 2.75) is 6.04 Å². The van der Waals surface area contributed by atoms with Gasteiger partial charge in [-0.3, -0.25) is 4.79 Å². The van der Waals surface area contributed by atoms with Gasteiger partial charge in [0.25, 0.3) is 5.91 Å². The average Bonchev–Trinajstić information content (AvgIpc) is 2.23. The van der Waals surface area contributed by atoms with Crippen LogP contribution in [0, 0.1) is 10.1 Å². The molecule has 0 bridgehead atoms. The minimum absolute atomic E-state index is 0.0848. The van der Waals surface area contributed by atoms with Crippen molar-refractivity contribution in [2.24, 2.45) is 0 Å². The second-order valence-corrected chi connectivity index (χ2v) is 4.46. The second kappa shape index (κ2) is 4.76. The van der Waals surface area contributed by atoms with Crippen LogP contribution in [0.5, 0.6) is 0 Å². The van der Waals surface area contributed by atoms with Gasteiger partial charge in [-0.2, -0.15) is 0 Å².